The fraction of sp³-hybridized carbons (Fsp3) is 0.647. The molecule has 3 heteroatoms. The fourth-order valence-electron chi connectivity index (χ4n) is 2.80. The fourth-order valence-corrected chi connectivity index (χ4v) is 2.93. The maximum Gasteiger partial charge on any atom is 0.0406 e. The molecule has 1 N–H and O–H groups in total. The van der Waals surface area contributed by atoms with Crippen LogP contribution in [-0.2, 0) is 6.54 Å². The molecular weight excluding hydrogens is 268 g/mol. The van der Waals surface area contributed by atoms with Gasteiger partial charge in [0.25, 0.3) is 0 Å². The van der Waals surface area contributed by atoms with E-state index >= 15 is 0 Å². The van der Waals surface area contributed by atoms with E-state index in [2.05, 4.69) is 50.2 Å². The zero-order chi connectivity index (χ0) is 14.8. The van der Waals surface area contributed by atoms with Gasteiger partial charge in [0.15, 0.2) is 0 Å². The molecule has 1 aromatic rings. The van der Waals surface area contributed by atoms with Gasteiger partial charge in [0.05, 0.1) is 0 Å². The number of nitrogens with one attached hydrogen (secondary N) is 1. The van der Waals surface area contributed by atoms with Crippen LogP contribution in [-0.4, -0.2) is 30.1 Å². The first-order chi connectivity index (χ1) is 9.35. The Kier molecular flexibility index (Phi) is 5.11. The lowest BCUT2D eigenvalue weighted by Crippen LogP contribution is -2.51. The SMILES string of the molecule is CN(Cc1ccc(Cl)cc1)C1CCC1CNC(C)(C)C. The Labute approximate surface area is 128 Å². The van der Waals surface area contributed by atoms with E-state index in [4.69, 9.17) is 11.6 Å². The molecule has 2 nitrogen and oxygen atoms in total. The quantitative estimate of drug-likeness (QED) is 0.885. The molecule has 0 spiro atoms. The summed E-state index contributed by atoms with van der Waals surface area (Å²) < 4.78 is 0. The Morgan fingerprint density at radius 1 is 1.20 bits per heavy atom. The second-order valence-electron chi connectivity index (χ2n) is 7.08. The maximum atomic E-state index is 5.93. The summed E-state index contributed by atoms with van der Waals surface area (Å²) in [5.41, 5.74) is 1.56. The van der Waals surface area contributed by atoms with Gasteiger partial charge in [0, 0.05) is 23.1 Å². The molecule has 0 bridgehead atoms. The van der Waals surface area contributed by atoms with Crippen molar-refractivity contribution in [2.45, 2.75) is 51.7 Å². The molecule has 1 aromatic carbocycles. The van der Waals surface area contributed by atoms with Crippen LogP contribution in [0.2, 0.25) is 5.02 Å². The van der Waals surface area contributed by atoms with Gasteiger partial charge in [-0.15, -0.1) is 0 Å². The van der Waals surface area contributed by atoms with E-state index in [-0.39, 0.29) is 5.54 Å². The Bertz CT molecular complexity index is 422. The molecule has 1 aliphatic carbocycles. The normalized spacial score (nSPS) is 22.9. The highest BCUT2D eigenvalue weighted by Crippen LogP contribution is 2.32. The van der Waals surface area contributed by atoms with Crippen molar-refractivity contribution in [2.24, 2.45) is 5.92 Å². The van der Waals surface area contributed by atoms with Gasteiger partial charge in [-0.2, -0.15) is 0 Å². The minimum Gasteiger partial charge on any atom is -0.312 e. The van der Waals surface area contributed by atoms with Gasteiger partial charge >= 0.3 is 0 Å². The first-order valence-electron chi connectivity index (χ1n) is 7.55. The van der Waals surface area contributed by atoms with E-state index in [0.717, 1.165) is 24.0 Å². The first kappa shape index (κ1) is 15.8. The summed E-state index contributed by atoms with van der Waals surface area (Å²) in [5, 5.41) is 4.45. The summed E-state index contributed by atoms with van der Waals surface area (Å²) in [6, 6.07) is 8.91. The van der Waals surface area contributed by atoms with Crippen molar-refractivity contribution >= 4 is 11.6 Å². The van der Waals surface area contributed by atoms with Crippen LogP contribution < -0.4 is 5.32 Å². The lowest BCUT2D eigenvalue weighted by Gasteiger charge is -2.44. The largest absolute Gasteiger partial charge is 0.312 e. The Hall–Kier alpha value is -0.570. The molecular formula is C17H27ClN2. The molecule has 0 aliphatic heterocycles. The summed E-state index contributed by atoms with van der Waals surface area (Å²) in [6.07, 6.45) is 2.67. The lowest BCUT2D eigenvalue weighted by atomic mass is 9.78. The van der Waals surface area contributed by atoms with Crippen LogP contribution in [0.25, 0.3) is 0 Å². The van der Waals surface area contributed by atoms with E-state index in [1.807, 2.05) is 12.1 Å². The molecule has 0 amide bonds. The molecule has 112 valence electrons. The smallest absolute Gasteiger partial charge is 0.0406 e. The van der Waals surface area contributed by atoms with Gasteiger partial charge in [-0.1, -0.05) is 23.7 Å². The highest BCUT2D eigenvalue weighted by Gasteiger charge is 2.34. The van der Waals surface area contributed by atoms with Gasteiger partial charge in [-0.25, -0.2) is 0 Å². The third-order valence-corrected chi connectivity index (χ3v) is 4.44. The van der Waals surface area contributed by atoms with Crippen molar-refractivity contribution in [1.29, 1.82) is 0 Å². The molecule has 2 rings (SSSR count). The molecule has 1 saturated carbocycles. The zero-order valence-corrected chi connectivity index (χ0v) is 13.9. The van der Waals surface area contributed by atoms with Crippen LogP contribution in [0.4, 0.5) is 0 Å². The van der Waals surface area contributed by atoms with Crippen LogP contribution in [0.3, 0.4) is 0 Å². The molecule has 0 heterocycles. The van der Waals surface area contributed by atoms with E-state index in [9.17, 15) is 0 Å². The molecule has 2 unspecified atom stereocenters. The monoisotopic (exact) mass is 294 g/mol. The van der Waals surface area contributed by atoms with Crippen LogP contribution in [0.1, 0.15) is 39.2 Å². The van der Waals surface area contributed by atoms with Crippen molar-refractivity contribution < 1.29 is 0 Å². The topological polar surface area (TPSA) is 15.3 Å². The van der Waals surface area contributed by atoms with Crippen LogP contribution in [0, 0.1) is 5.92 Å². The van der Waals surface area contributed by atoms with E-state index in [0.29, 0.717) is 6.04 Å². The number of nitrogens with zero attached hydrogens (tertiary/aromatic N) is 1. The van der Waals surface area contributed by atoms with Crippen LogP contribution in [0.15, 0.2) is 24.3 Å². The van der Waals surface area contributed by atoms with Gasteiger partial charge in [0.1, 0.15) is 0 Å². The number of halogens is 1. The van der Waals surface area contributed by atoms with Crippen molar-refractivity contribution in [3.63, 3.8) is 0 Å². The predicted octanol–water partition coefficient (Wildman–Crippen LogP) is 3.94. The van der Waals surface area contributed by atoms with Crippen LogP contribution >= 0.6 is 11.6 Å². The average Bonchev–Trinajstić information content (AvgIpc) is 2.29. The van der Waals surface area contributed by atoms with Gasteiger partial charge in [0.2, 0.25) is 0 Å². The average molecular weight is 295 g/mol. The predicted molar refractivity (Wildman–Crippen MR) is 87.2 cm³/mol. The van der Waals surface area contributed by atoms with Crippen molar-refractivity contribution in [3.8, 4) is 0 Å². The van der Waals surface area contributed by atoms with Crippen molar-refractivity contribution in [2.75, 3.05) is 13.6 Å². The molecule has 20 heavy (non-hydrogen) atoms. The van der Waals surface area contributed by atoms with Gasteiger partial charge in [-0.05, 0) is 70.8 Å². The second-order valence-corrected chi connectivity index (χ2v) is 7.51. The number of benzene rings is 1. The highest BCUT2D eigenvalue weighted by atomic mass is 35.5. The minimum atomic E-state index is 0.217. The van der Waals surface area contributed by atoms with Gasteiger partial charge in [-0.3, -0.25) is 4.90 Å². The summed E-state index contributed by atoms with van der Waals surface area (Å²) in [5.74, 6) is 0.784. The summed E-state index contributed by atoms with van der Waals surface area (Å²) >= 11 is 5.93. The summed E-state index contributed by atoms with van der Waals surface area (Å²) in [7, 11) is 2.24. The number of hydrogen-bond acceptors (Lipinski definition) is 2. The maximum absolute atomic E-state index is 5.93. The summed E-state index contributed by atoms with van der Waals surface area (Å²) in [4.78, 5) is 2.49. The first-order valence-corrected chi connectivity index (χ1v) is 7.93. The standard InChI is InChI=1S/C17H27ClN2/c1-17(2,3)19-11-14-7-10-16(14)20(4)12-13-5-8-15(18)9-6-13/h5-6,8-9,14,16,19H,7,10-12H2,1-4H3. The van der Waals surface area contributed by atoms with Crippen LogP contribution in [0.5, 0.6) is 0 Å². The second kappa shape index (κ2) is 6.46. The molecule has 0 aromatic heterocycles. The van der Waals surface area contributed by atoms with E-state index < -0.39 is 0 Å². The Morgan fingerprint density at radius 2 is 1.85 bits per heavy atom. The lowest BCUT2D eigenvalue weighted by molar-refractivity contribution is 0.0738. The third-order valence-electron chi connectivity index (χ3n) is 4.18. The molecule has 2 atom stereocenters. The van der Waals surface area contributed by atoms with Gasteiger partial charge < -0.3 is 5.32 Å². The Morgan fingerprint density at radius 3 is 2.35 bits per heavy atom. The molecule has 1 fully saturated rings. The van der Waals surface area contributed by atoms with E-state index in [1.54, 1.807) is 0 Å². The Balaban J connectivity index is 1.83. The number of rotatable bonds is 5. The van der Waals surface area contributed by atoms with Crippen molar-refractivity contribution in [3.05, 3.63) is 34.9 Å². The number of hydrogen-bond donors (Lipinski definition) is 1. The zero-order valence-electron chi connectivity index (χ0n) is 13.1. The minimum absolute atomic E-state index is 0.217. The van der Waals surface area contributed by atoms with Crippen molar-refractivity contribution in [1.82, 2.24) is 10.2 Å². The third kappa shape index (κ3) is 4.47. The van der Waals surface area contributed by atoms with E-state index in [1.165, 1.54) is 18.4 Å². The molecule has 0 saturated heterocycles. The molecule has 1 aliphatic rings. The highest BCUT2D eigenvalue weighted by molar-refractivity contribution is 6.30. The summed E-state index contributed by atoms with van der Waals surface area (Å²) in [6.45, 7) is 8.83. The molecule has 0 radical (unpaired) electrons.